The molecule has 0 saturated heterocycles. The fourth-order valence-electron chi connectivity index (χ4n) is 1.43. The average molecular weight is 288 g/mol. The third kappa shape index (κ3) is 2.68. The second-order valence-electron chi connectivity index (χ2n) is 4.90. The van der Waals surface area contributed by atoms with Crippen LogP contribution in [0.4, 0.5) is 0 Å². The monoisotopic (exact) mass is 287 g/mol. The van der Waals surface area contributed by atoms with Crippen molar-refractivity contribution in [1.82, 2.24) is 0 Å². The summed E-state index contributed by atoms with van der Waals surface area (Å²) in [5.74, 6) is 0.538. The first-order valence-corrected chi connectivity index (χ1v) is 5.88. The summed E-state index contributed by atoms with van der Waals surface area (Å²) >= 11 is 3.29. The summed E-state index contributed by atoms with van der Waals surface area (Å²) in [6, 6.07) is 3.49. The number of methoxy groups -OCH3 is 1. The first-order valence-electron chi connectivity index (χ1n) is 5.09. The lowest BCUT2D eigenvalue weighted by molar-refractivity contribution is 0.323. The van der Waals surface area contributed by atoms with Gasteiger partial charge in [-0.25, -0.2) is 0 Å². The second-order valence-corrected chi connectivity index (χ2v) is 5.75. The molecule has 4 heteroatoms. The molecule has 0 aliphatic carbocycles. The van der Waals surface area contributed by atoms with Crippen LogP contribution in [-0.2, 0) is 0 Å². The van der Waals surface area contributed by atoms with Crippen molar-refractivity contribution in [2.45, 2.75) is 26.8 Å². The van der Waals surface area contributed by atoms with Crippen LogP contribution in [0.5, 0.6) is 11.5 Å². The molecule has 0 saturated carbocycles. The minimum Gasteiger partial charge on any atom is -0.503 e. The number of hydrogen-bond acceptors (Lipinski definition) is 3. The summed E-state index contributed by atoms with van der Waals surface area (Å²) in [6.07, 6.45) is 0. The topological polar surface area (TPSA) is 55.5 Å². The van der Waals surface area contributed by atoms with Gasteiger partial charge in [0.2, 0.25) is 0 Å². The van der Waals surface area contributed by atoms with E-state index in [1.165, 1.54) is 7.11 Å². The summed E-state index contributed by atoms with van der Waals surface area (Å²) in [4.78, 5) is 0. The number of nitrogens with two attached hydrogens (primary N) is 1. The van der Waals surface area contributed by atoms with Gasteiger partial charge in [-0.2, -0.15) is 0 Å². The van der Waals surface area contributed by atoms with Crippen LogP contribution in [-0.4, -0.2) is 12.2 Å². The number of aromatic hydroxyl groups is 1. The van der Waals surface area contributed by atoms with Crippen molar-refractivity contribution >= 4 is 15.9 Å². The number of halogens is 1. The van der Waals surface area contributed by atoms with Crippen molar-refractivity contribution in [3.8, 4) is 11.5 Å². The molecule has 1 rings (SSSR count). The molecule has 0 aliphatic rings. The van der Waals surface area contributed by atoms with E-state index in [0.29, 0.717) is 10.2 Å². The Morgan fingerprint density at radius 3 is 2.38 bits per heavy atom. The maximum Gasteiger partial charge on any atom is 0.172 e. The maximum absolute atomic E-state index is 9.69. The van der Waals surface area contributed by atoms with E-state index in [1.54, 1.807) is 6.07 Å². The summed E-state index contributed by atoms with van der Waals surface area (Å²) in [6.45, 7) is 6.22. The van der Waals surface area contributed by atoms with Crippen LogP contribution in [0.3, 0.4) is 0 Å². The molecule has 90 valence electrons. The molecule has 0 bridgehead atoms. The molecular formula is C12H18BrNO2. The SMILES string of the molecule is COc1cc([C@H](N)C(C)(C)C)cc(Br)c1O. The zero-order valence-corrected chi connectivity index (χ0v) is 11.6. The van der Waals surface area contributed by atoms with E-state index in [9.17, 15) is 5.11 Å². The van der Waals surface area contributed by atoms with Crippen LogP contribution in [0.15, 0.2) is 16.6 Å². The van der Waals surface area contributed by atoms with E-state index in [1.807, 2.05) is 6.07 Å². The number of hydrogen-bond donors (Lipinski definition) is 2. The zero-order chi connectivity index (χ0) is 12.5. The van der Waals surface area contributed by atoms with Crippen LogP contribution in [0.25, 0.3) is 0 Å². The fraction of sp³-hybridized carbons (Fsp3) is 0.500. The Hall–Kier alpha value is -0.740. The maximum atomic E-state index is 9.69. The summed E-state index contributed by atoms with van der Waals surface area (Å²) in [5, 5.41) is 9.69. The molecule has 1 aromatic carbocycles. The first-order chi connectivity index (χ1) is 7.27. The summed E-state index contributed by atoms with van der Waals surface area (Å²) in [5.41, 5.74) is 7.06. The van der Waals surface area contributed by atoms with Gasteiger partial charge in [0.15, 0.2) is 11.5 Å². The quantitative estimate of drug-likeness (QED) is 0.878. The molecule has 1 atom stereocenters. The van der Waals surface area contributed by atoms with E-state index in [0.717, 1.165) is 5.56 Å². The van der Waals surface area contributed by atoms with Crippen molar-refractivity contribution in [2.24, 2.45) is 11.1 Å². The van der Waals surface area contributed by atoms with Crippen LogP contribution < -0.4 is 10.5 Å². The van der Waals surface area contributed by atoms with Crippen LogP contribution in [0.1, 0.15) is 32.4 Å². The van der Waals surface area contributed by atoms with E-state index in [2.05, 4.69) is 36.7 Å². The lowest BCUT2D eigenvalue weighted by Crippen LogP contribution is -2.26. The molecule has 0 aliphatic heterocycles. The van der Waals surface area contributed by atoms with E-state index < -0.39 is 0 Å². The molecule has 3 N–H and O–H groups in total. The van der Waals surface area contributed by atoms with Gasteiger partial charge in [0.05, 0.1) is 11.6 Å². The second kappa shape index (κ2) is 4.63. The standard InChI is InChI=1S/C12H18BrNO2/c1-12(2,3)11(14)7-5-8(13)10(15)9(6-7)16-4/h5-6,11,15H,14H2,1-4H3/t11-/m0/s1. The Kier molecular flexibility index (Phi) is 3.86. The largest absolute Gasteiger partial charge is 0.503 e. The number of phenols is 1. The minimum atomic E-state index is -0.113. The van der Waals surface area contributed by atoms with Crippen LogP contribution in [0, 0.1) is 5.41 Å². The van der Waals surface area contributed by atoms with Crippen molar-refractivity contribution in [2.75, 3.05) is 7.11 Å². The smallest absolute Gasteiger partial charge is 0.172 e. The highest BCUT2D eigenvalue weighted by atomic mass is 79.9. The predicted octanol–water partition coefficient (Wildman–Crippen LogP) is 3.21. The van der Waals surface area contributed by atoms with Crippen LogP contribution >= 0.6 is 15.9 Å². The number of rotatable bonds is 2. The lowest BCUT2D eigenvalue weighted by atomic mass is 9.83. The number of ether oxygens (including phenoxy) is 1. The third-order valence-electron chi connectivity index (χ3n) is 2.56. The highest BCUT2D eigenvalue weighted by Gasteiger charge is 2.24. The molecule has 0 aromatic heterocycles. The first kappa shape index (κ1) is 13.3. The molecule has 0 radical (unpaired) electrons. The van der Waals surface area contributed by atoms with Gasteiger partial charge in [0.1, 0.15) is 0 Å². The Morgan fingerprint density at radius 1 is 1.38 bits per heavy atom. The van der Waals surface area contributed by atoms with Crippen molar-refractivity contribution in [3.63, 3.8) is 0 Å². The van der Waals surface area contributed by atoms with Crippen molar-refractivity contribution < 1.29 is 9.84 Å². The minimum absolute atomic E-state index is 0.0403. The highest BCUT2D eigenvalue weighted by Crippen LogP contribution is 2.39. The van der Waals surface area contributed by atoms with Gasteiger partial charge >= 0.3 is 0 Å². The van der Waals surface area contributed by atoms with Gasteiger partial charge in [-0.15, -0.1) is 0 Å². The van der Waals surface area contributed by atoms with E-state index in [4.69, 9.17) is 10.5 Å². The van der Waals surface area contributed by atoms with Gasteiger partial charge in [0.25, 0.3) is 0 Å². The lowest BCUT2D eigenvalue weighted by Gasteiger charge is -2.28. The van der Waals surface area contributed by atoms with Crippen LogP contribution in [0.2, 0.25) is 0 Å². The van der Waals surface area contributed by atoms with Gasteiger partial charge in [-0.3, -0.25) is 0 Å². The molecule has 0 spiro atoms. The Morgan fingerprint density at radius 2 is 1.94 bits per heavy atom. The number of phenolic OH excluding ortho intramolecular Hbond substituents is 1. The van der Waals surface area contributed by atoms with Gasteiger partial charge in [-0.1, -0.05) is 20.8 Å². The highest BCUT2D eigenvalue weighted by molar-refractivity contribution is 9.10. The zero-order valence-electron chi connectivity index (χ0n) is 10.0. The van der Waals surface area contributed by atoms with E-state index >= 15 is 0 Å². The summed E-state index contributed by atoms with van der Waals surface area (Å²) in [7, 11) is 1.52. The van der Waals surface area contributed by atoms with E-state index in [-0.39, 0.29) is 17.2 Å². The molecule has 0 heterocycles. The molecule has 1 aromatic rings. The Balaban J connectivity index is 3.21. The molecule has 0 fully saturated rings. The molecule has 16 heavy (non-hydrogen) atoms. The Bertz CT molecular complexity index is 385. The number of benzene rings is 1. The van der Waals surface area contributed by atoms with Crippen molar-refractivity contribution in [3.05, 3.63) is 22.2 Å². The molecule has 0 unspecified atom stereocenters. The molecule has 0 amide bonds. The van der Waals surface area contributed by atoms with Gasteiger partial charge < -0.3 is 15.6 Å². The van der Waals surface area contributed by atoms with Gasteiger partial charge in [0, 0.05) is 6.04 Å². The summed E-state index contributed by atoms with van der Waals surface area (Å²) < 4.78 is 5.69. The average Bonchev–Trinajstić information content (AvgIpc) is 2.19. The van der Waals surface area contributed by atoms with Crippen molar-refractivity contribution in [1.29, 1.82) is 0 Å². The fourth-order valence-corrected chi connectivity index (χ4v) is 1.89. The molecular weight excluding hydrogens is 270 g/mol. The van der Waals surface area contributed by atoms with Gasteiger partial charge in [-0.05, 0) is 39.0 Å². The Labute approximate surface area is 105 Å². The predicted molar refractivity (Wildman–Crippen MR) is 68.7 cm³/mol. The molecule has 3 nitrogen and oxygen atoms in total. The normalized spacial score (nSPS) is 13.6. The third-order valence-corrected chi connectivity index (χ3v) is 3.17.